The van der Waals surface area contributed by atoms with E-state index in [-0.39, 0.29) is 17.4 Å². The Balaban J connectivity index is 1.68. The van der Waals surface area contributed by atoms with Gasteiger partial charge < -0.3 is 9.64 Å². The van der Waals surface area contributed by atoms with Gasteiger partial charge in [0.25, 0.3) is 5.56 Å². The minimum absolute atomic E-state index is 0.134. The van der Waals surface area contributed by atoms with Crippen molar-refractivity contribution in [2.24, 2.45) is 0 Å². The SMILES string of the molecule is O=c1c(-c2ccc(F)cc2)nc2cnc(N3CCOCC3)nc2n1C1CC1. The second-order valence-electron chi connectivity index (χ2n) is 6.85. The van der Waals surface area contributed by atoms with E-state index in [9.17, 15) is 9.18 Å². The molecule has 138 valence electrons. The zero-order valence-corrected chi connectivity index (χ0v) is 14.6. The van der Waals surface area contributed by atoms with Crippen molar-refractivity contribution < 1.29 is 9.13 Å². The molecule has 2 fully saturated rings. The summed E-state index contributed by atoms with van der Waals surface area (Å²) in [5.41, 5.74) is 1.83. The fourth-order valence-electron chi connectivity index (χ4n) is 3.38. The standard InChI is InChI=1S/C19H18FN5O2/c20-13-3-1-12(2-4-13)16-18(26)25(14-5-6-14)17-15(22-16)11-21-19(23-17)24-7-9-27-10-8-24/h1-4,11,14H,5-10H2. The maximum atomic E-state index is 13.3. The topological polar surface area (TPSA) is 73.1 Å². The molecule has 0 N–H and O–H groups in total. The lowest BCUT2D eigenvalue weighted by Gasteiger charge is -2.26. The molecule has 0 radical (unpaired) electrons. The Morgan fingerprint density at radius 1 is 1.07 bits per heavy atom. The number of halogens is 1. The third kappa shape index (κ3) is 2.95. The second-order valence-corrected chi connectivity index (χ2v) is 6.85. The van der Waals surface area contributed by atoms with E-state index >= 15 is 0 Å². The van der Waals surface area contributed by atoms with Gasteiger partial charge in [0.05, 0.1) is 19.4 Å². The van der Waals surface area contributed by atoms with E-state index < -0.39 is 0 Å². The first-order valence-corrected chi connectivity index (χ1v) is 9.08. The van der Waals surface area contributed by atoms with Crippen molar-refractivity contribution >= 4 is 17.1 Å². The van der Waals surface area contributed by atoms with E-state index in [0.29, 0.717) is 41.6 Å². The number of ether oxygens (including phenoxy) is 1. The number of rotatable bonds is 3. The number of hydrogen-bond donors (Lipinski definition) is 0. The summed E-state index contributed by atoms with van der Waals surface area (Å²) >= 11 is 0. The van der Waals surface area contributed by atoms with Crippen LogP contribution >= 0.6 is 0 Å². The number of morpholine rings is 1. The van der Waals surface area contributed by atoms with Gasteiger partial charge in [-0.1, -0.05) is 0 Å². The highest BCUT2D eigenvalue weighted by Gasteiger charge is 2.29. The van der Waals surface area contributed by atoms with Gasteiger partial charge in [0, 0.05) is 24.7 Å². The molecule has 27 heavy (non-hydrogen) atoms. The minimum atomic E-state index is -0.347. The van der Waals surface area contributed by atoms with Crippen molar-refractivity contribution in [1.29, 1.82) is 0 Å². The smallest absolute Gasteiger partial charge is 0.279 e. The van der Waals surface area contributed by atoms with Crippen LogP contribution in [0.15, 0.2) is 35.3 Å². The number of fused-ring (bicyclic) bond motifs is 1. The lowest BCUT2D eigenvalue weighted by Crippen LogP contribution is -2.37. The van der Waals surface area contributed by atoms with Crippen LogP contribution in [-0.4, -0.2) is 45.8 Å². The Morgan fingerprint density at radius 2 is 1.81 bits per heavy atom. The molecule has 1 aliphatic heterocycles. The highest BCUT2D eigenvalue weighted by molar-refractivity contribution is 5.75. The van der Waals surface area contributed by atoms with Crippen LogP contribution in [0, 0.1) is 5.82 Å². The van der Waals surface area contributed by atoms with E-state index in [2.05, 4.69) is 19.9 Å². The van der Waals surface area contributed by atoms with Gasteiger partial charge in [-0.3, -0.25) is 9.36 Å². The summed E-state index contributed by atoms with van der Waals surface area (Å²) < 4.78 is 20.4. The molecular weight excluding hydrogens is 349 g/mol. The normalized spacial score (nSPS) is 17.4. The van der Waals surface area contributed by atoms with Crippen LogP contribution in [-0.2, 0) is 4.74 Å². The molecule has 1 aromatic carbocycles. The predicted molar refractivity (Wildman–Crippen MR) is 98.3 cm³/mol. The molecule has 0 unspecified atom stereocenters. The van der Waals surface area contributed by atoms with Gasteiger partial charge in [-0.05, 0) is 37.1 Å². The molecule has 8 heteroatoms. The Kier molecular flexibility index (Phi) is 3.86. The van der Waals surface area contributed by atoms with Gasteiger partial charge in [-0.25, -0.2) is 14.4 Å². The molecule has 5 rings (SSSR count). The quantitative estimate of drug-likeness (QED) is 0.706. The summed E-state index contributed by atoms with van der Waals surface area (Å²) in [6.45, 7) is 2.72. The molecule has 0 amide bonds. The van der Waals surface area contributed by atoms with Crippen molar-refractivity contribution in [2.75, 3.05) is 31.2 Å². The highest BCUT2D eigenvalue weighted by atomic mass is 19.1. The summed E-state index contributed by atoms with van der Waals surface area (Å²) in [6, 6.07) is 5.95. The first kappa shape index (κ1) is 16.3. The molecule has 0 atom stereocenters. The molecule has 0 bridgehead atoms. The summed E-state index contributed by atoms with van der Waals surface area (Å²) in [5, 5.41) is 0. The largest absolute Gasteiger partial charge is 0.378 e. The van der Waals surface area contributed by atoms with Gasteiger partial charge >= 0.3 is 0 Å². The maximum Gasteiger partial charge on any atom is 0.279 e. The number of benzene rings is 1. The van der Waals surface area contributed by atoms with Crippen LogP contribution in [0.3, 0.4) is 0 Å². The Labute approximate surface area is 154 Å². The fraction of sp³-hybridized carbons (Fsp3) is 0.368. The van der Waals surface area contributed by atoms with Crippen LogP contribution in [0.25, 0.3) is 22.4 Å². The average molecular weight is 367 g/mol. The van der Waals surface area contributed by atoms with Crippen LogP contribution in [0.2, 0.25) is 0 Å². The summed E-state index contributed by atoms with van der Waals surface area (Å²) in [5.74, 6) is 0.247. The first-order chi connectivity index (χ1) is 13.2. The van der Waals surface area contributed by atoms with Crippen molar-refractivity contribution in [3.63, 3.8) is 0 Å². The van der Waals surface area contributed by atoms with Crippen molar-refractivity contribution in [3.8, 4) is 11.3 Å². The number of hydrogen-bond acceptors (Lipinski definition) is 6. The number of nitrogens with zero attached hydrogens (tertiary/aromatic N) is 5. The highest BCUT2D eigenvalue weighted by Crippen LogP contribution is 2.36. The Morgan fingerprint density at radius 3 is 2.52 bits per heavy atom. The molecule has 2 aliphatic rings. The van der Waals surface area contributed by atoms with Crippen LogP contribution in [0.4, 0.5) is 10.3 Å². The van der Waals surface area contributed by atoms with Crippen LogP contribution in [0.1, 0.15) is 18.9 Å². The van der Waals surface area contributed by atoms with E-state index in [4.69, 9.17) is 4.74 Å². The average Bonchev–Trinajstić information content (AvgIpc) is 3.53. The molecule has 1 saturated heterocycles. The van der Waals surface area contributed by atoms with Crippen molar-refractivity contribution in [1.82, 2.24) is 19.5 Å². The van der Waals surface area contributed by atoms with Gasteiger partial charge in [0.1, 0.15) is 17.0 Å². The van der Waals surface area contributed by atoms with Crippen molar-refractivity contribution in [3.05, 3.63) is 46.6 Å². The monoisotopic (exact) mass is 367 g/mol. The van der Waals surface area contributed by atoms with E-state index in [1.54, 1.807) is 22.9 Å². The first-order valence-electron chi connectivity index (χ1n) is 9.08. The fourth-order valence-corrected chi connectivity index (χ4v) is 3.38. The summed E-state index contributed by atoms with van der Waals surface area (Å²) in [6.07, 6.45) is 3.55. The maximum absolute atomic E-state index is 13.3. The molecule has 0 spiro atoms. The number of aromatic nitrogens is 4. The van der Waals surface area contributed by atoms with Crippen LogP contribution in [0.5, 0.6) is 0 Å². The molecule has 3 heterocycles. The predicted octanol–water partition coefficient (Wildman–Crippen LogP) is 2.16. The molecule has 3 aromatic rings. The summed E-state index contributed by atoms with van der Waals surface area (Å²) in [7, 11) is 0. The van der Waals surface area contributed by atoms with Gasteiger partial charge in [0.15, 0.2) is 5.65 Å². The van der Waals surface area contributed by atoms with Gasteiger partial charge in [-0.15, -0.1) is 0 Å². The van der Waals surface area contributed by atoms with E-state index in [1.165, 1.54) is 12.1 Å². The molecule has 7 nitrogen and oxygen atoms in total. The second kappa shape index (κ2) is 6.38. The van der Waals surface area contributed by atoms with Gasteiger partial charge in [-0.2, -0.15) is 4.98 Å². The molecular formula is C19H18FN5O2. The zero-order chi connectivity index (χ0) is 18.4. The number of anilines is 1. The van der Waals surface area contributed by atoms with Crippen LogP contribution < -0.4 is 10.5 Å². The minimum Gasteiger partial charge on any atom is -0.378 e. The zero-order valence-electron chi connectivity index (χ0n) is 14.6. The van der Waals surface area contributed by atoms with E-state index in [1.807, 2.05) is 0 Å². The van der Waals surface area contributed by atoms with Gasteiger partial charge in [0.2, 0.25) is 5.95 Å². The lowest BCUT2D eigenvalue weighted by atomic mass is 10.1. The summed E-state index contributed by atoms with van der Waals surface area (Å²) in [4.78, 5) is 28.8. The molecule has 1 aliphatic carbocycles. The van der Waals surface area contributed by atoms with Crippen molar-refractivity contribution in [2.45, 2.75) is 18.9 Å². The third-order valence-electron chi connectivity index (χ3n) is 4.94. The van der Waals surface area contributed by atoms with E-state index in [0.717, 1.165) is 25.9 Å². The Hall–Kier alpha value is -2.87. The molecule has 1 saturated carbocycles. The molecule has 2 aromatic heterocycles. The Bertz CT molecular complexity index is 1060. The third-order valence-corrected chi connectivity index (χ3v) is 4.94. The lowest BCUT2D eigenvalue weighted by molar-refractivity contribution is 0.122.